The Bertz CT molecular complexity index is 582. The van der Waals surface area contributed by atoms with Gasteiger partial charge in [-0.05, 0) is 37.5 Å². The topological polar surface area (TPSA) is 78.6 Å². The summed E-state index contributed by atoms with van der Waals surface area (Å²) < 4.78 is 35.1. The van der Waals surface area contributed by atoms with Gasteiger partial charge < -0.3 is 9.47 Å². The van der Waals surface area contributed by atoms with Gasteiger partial charge >= 0.3 is 0 Å². The average molecular weight is 364 g/mol. The van der Waals surface area contributed by atoms with Gasteiger partial charge in [0.1, 0.15) is 10.6 Å². The van der Waals surface area contributed by atoms with E-state index in [1.165, 1.54) is 6.07 Å². The second kappa shape index (κ2) is 6.43. The summed E-state index contributed by atoms with van der Waals surface area (Å²) in [5.41, 5.74) is 0.732. The van der Waals surface area contributed by atoms with Crippen LogP contribution in [-0.4, -0.2) is 27.7 Å². The Hall–Kier alpha value is -0.630. The summed E-state index contributed by atoms with van der Waals surface area (Å²) in [5.74, 6) is 0.327. The van der Waals surface area contributed by atoms with Gasteiger partial charge in [0.2, 0.25) is 10.0 Å². The van der Waals surface area contributed by atoms with Crippen LogP contribution in [0, 0.1) is 6.92 Å². The maximum absolute atomic E-state index is 11.6. The van der Waals surface area contributed by atoms with Crippen molar-refractivity contribution in [2.75, 3.05) is 13.2 Å². The monoisotopic (exact) mass is 363 g/mol. The minimum absolute atomic E-state index is 0.0108. The first kappa shape index (κ1) is 15.8. The highest BCUT2D eigenvalue weighted by molar-refractivity contribution is 9.10. The van der Waals surface area contributed by atoms with Crippen LogP contribution in [0.25, 0.3) is 0 Å². The molecule has 0 radical (unpaired) electrons. The fraction of sp³-hybridized carbons (Fsp3) is 0.538. The van der Waals surface area contributed by atoms with Crippen LogP contribution in [0.5, 0.6) is 5.75 Å². The van der Waals surface area contributed by atoms with E-state index >= 15 is 0 Å². The summed E-state index contributed by atoms with van der Waals surface area (Å²) in [7, 11) is -3.81. The molecule has 1 aliphatic heterocycles. The van der Waals surface area contributed by atoms with Crippen molar-refractivity contribution in [1.29, 1.82) is 0 Å². The minimum Gasteiger partial charge on any atom is -0.492 e. The highest BCUT2D eigenvalue weighted by Crippen LogP contribution is 2.31. The molecule has 2 N–H and O–H groups in total. The highest BCUT2D eigenvalue weighted by Gasteiger charge is 2.20. The zero-order valence-corrected chi connectivity index (χ0v) is 13.7. The number of nitrogens with two attached hydrogens (primary N) is 1. The van der Waals surface area contributed by atoms with Crippen LogP contribution < -0.4 is 9.88 Å². The van der Waals surface area contributed by atoms with Gasteiger partial charge in [-0.3, -0.25) is 0 Å². The molecule has 1 aliphatic rings. The summed E-state index contributed by atoms with van der Waals surface area (Å²) in [6.07, 6.45) is 3.07. The molecule has 1 unspecified atom stereocenters. The number of sulfonamides is 1. The molecule has 0 amide bonds. The van der Waals surface area contributed by atoms with E-state index in [0.29, 0.717) is 16.8 Å². The summed E-state index contributed by atoms with van der Waals surface area (Å²) in [6.45, 7) is 3.00. The molecule has 1 saturated heterocycles. The van der Waals surface area contributed by atoms with E-state index in [0.717, 1.165) is 31.4 Å². The van der Waals surface area contributed by atoms with Gasteiger partial charge in [0.15, 0.2) is 0 Å². The van der Waals surface area contributed by atoms with Crippen molar-refractivity contribution < 1.29 is 17.9 Å². The van der Waals surface area contributed by atoms with Gasteiger partial charge in [-0.1, -0.05) is 15.9 Å². The molecule has 1 aromatic carbocycles. The Morgan fingerprint density at radius 1 is 1.50 bits per heavy atom. The fourth-order valence-corrected chi connectivity index (χ4v) is 3.75. The first-order valence-electron chi connectivity index (χ1n) is 6.45. The Balaban J connectivity index is 2.13. The van der Waals surface area contributed by atoms with Crippen LogP contribution in [0.2, 0.25) is 0 Å². The largest absolute Gasteiger partial charge is 0.492 e. The van der Waals surface area contributed by atoms with E-state index in [4.69, 9.17) is 14.6 Å². The van der Waals surface area contributed by atoms with Crippen molar-refractivity contribution >= 4 is 26.0 Å². The maximum atomic E-state index is 11.6. The molecule has 7 heteroatoms. The SMILES string of the molecule is Cc1cc(Br)cc(S(N)(=O)=O)c1OCCC1CCCO1. The number of rotatable bonds is 5. The molecule has 0 aliphatic carbocycles. The molecule has 112 valence electrons. The first-order valence-corrected chi connectivity index (χ1v) is 8.79. The molecule has 0 spiro atoms. The number of primary sulfonamides is 1. The standard InChI is InChI=1S/C13H18BrNO4S/c1-9-7-10(14)8-12(20(15,16)17)13(9)19-6-4-11-3-2-5-18-11/h7-8,11H,2-6H2,1H3,(H2,15,16,17). The van der Waals surface area contributed by atoms with E-state index in [9.17, 15) is 8.42 Å². The van der Waals surface area contributed by atoms with Crippen LogP contribution in [0.1, 0.15) is 24.8 Å². The predicted octanol–water partition coefficient (Wildman–Crippen LogP) is 2.35. The maximum Gasteiger partial charge on any atom is 0.241 e. The predicted molar refractivity (Wildman–Crippen MR) is 79.3 cm³/mol. The third kappa shape index (κ3) is 3.94. The molecule has 1 aromatic rings. The Morgan fingerprint density at radius 2 is 2.25 bits per heavy atom. The molecule has 0 bridgehead atoms. The van der Waals surface area contributed by atoms with Gasteiger partial charge in [-0.25, -0.2) is 13.6 Å². The van der Waals surface area contributed by atoms with Gasteiger partial charge in [-0.15, -0.1) is 0 Å². The molecular weight excluding hydrogens is 346 g/mol. The third-order valence-corrected chi connectivity index (χ3v) is 4.60. The average Bonchev–Trinajstić information content (AvgIpc) is 2.83. The molecule has 0 aromatic heterocycles. The lowest BCUT2D eigenvalue weighted by molar-refractivity contribution is 0.0898. The Labute approximate surface area is 127 Å². The summed E-state index contributed by atoms with van der Waals surface area (Å²) >= 11 is 3.27. The first-order chi connectivity index (χ1) is 9.38. The van der Waals surface area contributed by atoms with Crippen LogP contribution in [-0.2, 0) is 14.8 Å². The molecule has 0 saturated carbocycles. The molecule has 1 atom stereocenters. The molecule has 5 nitrogen and oxygen atoms in total. The molecule has 2 rings (SSSR count). The van der Waals surface area contributed by atoms with Crippen molar-refractivity contribution in [3.63, 3.8) is 0 Å². The van der Waals surface area contributed by atoms with E-state index in [1.807, 2.05) is 0 Å². The summed E-state index contributed by atoms with van der Waals surface area (Å²) in [5, 5.41) is 5.24. The second-order valence-corrected chi connectivity index (χ2v) is 7.31. The van der Waals surface area contributed by atoms with Crippen molar-refractivity contribution in [3.05, 3.63) is 22.2 Å². The summed E-state index contributed by atoms with van der Waals surface area (Å²) in [4.78, 5) is 0.0108. The van der Waals surface area contributed by atoms with Crippen LogP contribution >= 0.6 is 15.9 Å². The van der Waals surface area contributed by atoms with E-state index in [-0.39, 0.29) is 11.0 Å². The van der Waals surface area contributed by atoms with E-state index in [2.05, 4.69) is 15.9 Å². The lowest BCUT2D eigenvalue weighted by Gasteiger charge is -2.15. The number of benzene rings is 1. The zero-order chi connectivity index (χ0) is 14.8. The van der Waals surface area contributed by atoms with Crippen molar-refractivity contribution in [3.8, 4) is 5.75 Å². The lowest BCUT2D eigenvalue weighted by Crippen LogP contribution is -2.16. The van der Waals surface area contributed by atoms with Gasteiger partial charge in [0, 0.05) is 17.5 Å². The highest BCUT2D eigenvalue weighted by atomic mass is 79.9. The normalized spacial score (nSPS) is 19.2. The Kier molecular flexibility index (Phi) is 5.06. The number of hydrogen-bond acceptors (Lipinski definition) is 4. The van der Waals surface area contributed by atoms with E-state index < -0.39 is 10.0 Å². The molecule has 1 heterocycles. The van der Waals surface area contributed by atoms with Crippen LogP contribution in [0.3, 0.4) is 0 Å². The minimum atomic E-state index is -3.81. The van der Waals surface area contributed by atoms with Gasteiger partial charge in [0.05, 0.1) is 12.7 Å². The van der Waals surface area contributed by atoms with Crippen LogP contribution in [0.4, 0.5) is 0 Å². The number of hydrogen-bond donors (Lipinski definition) is 1. The smallest absolute Gasteiger partial charge is 0.241 e. The Morgan fingerprint density at radius 3 is 2.85 bits per heavy atom. The second-order valence-electron chi connectivity index (χ2n) is 4.87. The van der Waals surface area contributed by atoms with Crippen LogP contribution in [0.15, 0.2) is 21.5 Å². The van der Waals surface area contributed by atoms with Gasteiger partial charge in [0.25, 0.3) is 0 Å². The summed E-state index contributed by atoms with van der Waals surface area (Å²) in [6, 6.07) is 3.26. The number of aryl methyl sites for hydroxylation is 1. The molecular formula is C13H18BrNO4S. The van der Waals surface area contributed by atoms with Crippen molar-refractivity contribution in [1.82, 2.24) is 0 Å². The third-order valence-electron chi connectivity index (χ3n) is 3.22. The van der Waals surface area contributed by atoms with Gasteiger partial charge in [-0.2, -0.15) is 0 Å². The van der Waals surface area contributed by atoms with Crippen molar-refractivity contribution in [2.45, 2.75) is 37.2 Å². The fourth-order valence-electron chi connectivity index (χ4n) is 2.26. The number of halogens is 1. The molecule has 1 fully saturated rings. The number of ether oxygens (including phenoxy) is 2. The van der Waals surface area contributed by atoms with Crippen molar-refractivity contribution in [2.24, 2.45) is 5.14 Å². The zero-order valence-electron chi connectivity index (χ0n) is 11.3. The quantitative estimate of drug-likeness (QED) is 0.870. The molecule has 20 heavy (non-hydrogen) atoms. The lowest BCUT2D eigenvalue weighted by atomic mass is 10.2. The van der Waals surface area contributed by atoms with E-state index in [1.54, 1.807) is 13.0 Å².